The molecule has 2 unspecified atom stereocenters. The summed E-state index contributed by atoms with van der Waals surface area (Å²) in [6.45, 7) is 11.0. The number of piperazine rings is 2. The van der Waals surface area contributed by atoms with Gasteiger partial charge in [-0.2, -0.15) is 0 Å². The van der Waals surface area contributed by atoms with Gasteiger partial charge in [0.25, 0.3) is 6.43 Å². The summed E-state index contributed by atoms with van der Waals surface area (Å²) in [5, 5.41) is 9.27. The van der Waals surface area contributed by atoms with Crippen LogP contribution in [0.2, 0.25) is 0 Å². The third-order valence-electron chi connectivity index (χ3n) is 5.47. The minimum Gasteiger partial charge on any atom is -0.396 e. The van der Waals surface area contributed by atoms with E-state index in [0.29, 0.717) is 12.6 Å². The van der Waals surface area contributed by atoms with Gasteiger partial charge in [0.1, 0.15) is 0 Å². The first-order chi connectivity index (χ1) is 11.4. The molecule has 1 N–H and O–H groups in total. The van der Waals surface area contributed by atoms with Crippen LogP contribution in [-0.2, 0) is 0 Å². The topological polar surface area (TPSA) is 33.2 Å². The van der Waals surface area contributed by atoms with Gasteiger partial charge in [-0.3, -0.25) is 14.7 Å². The smallest absolute Gasteiger partial charge is 0.255 e. The first-order valence-electron chi connectivity index (χ1n) is 9.22. The summed E-state index contributed by atoms with van der Waals surface area (Å²) >= 11 is 0. The lowest BCUT2D eigenvalue weighted by molar-refractivity contribution is -0.0412. The van der Waals surface area contributed by atoms with Crippen LogP contribution < -0.4 is 0 Å². The van der Waals surface area contributed by atoms with Crippen LogP contribution in [0, 0.1) is 0 Å². The number of halogens is 2. The van der Waals surface area contributed by atoms with Crippen molar-refractivity contribution >= 4 is 0 Å². The second-order valence-corrected chi connectivity index (χ2v) is 7.50. The number of rotatable bonds is 7. The molecule has 0 amide bonds. The summed E-state index contributed by atoms with van der Waals surface area (Å²) in [7, 11) is 2.11. The minimum absolute atomic E-state index is 0.165. The molecule has 0 aliphatic carbocycles. The first kappa shape index (κ1) is 20.0. The fourth-order valence-corrected chi connectivity index (χ4v) is 3.99. The quantitative estimate of drug-likeness (QED) is 0.730. The van der Waals surface area contributed by atoms with Gasteiger partial charge < -0.3 is 10.0 Å². The maximum Gasteiger partial charge on any atom is 0.255 e. The van der Waals surface area contributed by atoms with Crippen LogP contribution in [0.1, 0.15) is 20.3 Å². The Bertz CT molecular complexity index is 372. The molecule has 0 spiro atoms. The molecule has 0 aromatic rings. The Morgan fingerprint density at radius 1 is 1.04 bits per heavy atom. The van der Waals surface area contributed by atoms with Gasteiger partial charge in [0.2, 0.25) is 0 Å². The predicted molar refractivity (Wildman–Crippen MR) is 92.6 cm³/mol. The molecule has 2 saturated heterocycles. The highest BCUT2D eigenvalue weighted by Crippen LogP contribution is 2.19. The fraction of sp³-hybridized carbons (Fsp3) is 1.00. The van der Waals surface area contributed by atoms with Gasteiger partial charge in [-0.05, 0) is 27.3 Å². The molecule has 2 fully saturated rings. The number of alkyl halides is 2. The molecule has 7 heteroatoms. The van der Waals surface area contributed by atoms with Crippen LogP contribution >= 0.6 is 0 Å². The summed E-state index contributed by atoms with van der Waals surface area (Å²) in [6, 6.07) is -0.117. The summed E-state index contributed by atoms with van der Waals surface area (Å²) in [5.41, 5.74) is 0. The van der Waals surface area contributed by atoms with E-state index in [1.54, 1.807) is 0 Å². The van der Waals surface area contributed by atoms with Gasteiger partial charge in [-0.25, -0.2) is 8.78 Å². The van der Waals surface area contributed by atoms with E-state index in [2.05, 4.69) is 21.7 Å². The van der Waals surface area contributed by atoms with E-state index in [-0.39, 0.29) is 12.6 Å². The Hall–Kier alpha value is -0.340. The standard InChI is InChI=1S/C17H34F2N4O/c1-14(2)23-10-7-21(13-16(23)17(18)19)6-9-22-8-5-20(3)12-15(22)4-11-24/h14-17,24H,4-13H2,1-3H3. The van der Waals surface area contributed by atoms with Crippen molar-refractivity contribution in [1.82, 2.24) is 19.6 Å². The highest BCUT2D eigenvalue weighted by molar-refractivity contribution is 4.87. The number of likely N-dealkylation sites (N-methyl/N-ethyl adjacent to an activating group) is 1. The van der Waals surface area contributed by atoms with Gasteiger partial charge in [0, 0.05) is 71.0 Å². The average Bonchev–Trinajstić information content (AvgIpc) is 2.54. The molecule has 0 radical (unpaired) electrons. The van der Waals surface area contributed by atoms with Crippen molar-refractivity contribution in [3.05, 3.63) is 0 Å². The lowest BCUT2D eigenvalue weighted by Crippen LogP contribution is -2.59. The third kappa shape index (κ3) is 5.33. The van der Waals surface area contributed by atoms with Gasteiger partial charge in [0.05, 0.1) is 6.04 Å². The molecule has 0 saturated carbocycles. The predicted octanol–water partition coefficient (Wildman–Crippen LogP) is 0.645. The molecular weight excluding hydrogens is 314 g/mol. The van der Waals surface area contributed by atoms with Crippen molar-refractivity contribution < 1.29 is 13.9 Å². The van der Waals surface area contributed by atoms with Crippen molar-refractivity contribution in [2.24, 2.45) is 0 Å². The Kier molecular flexibility index (Phi) is 7.81. The third-order valence-corrected chi connectivity index (χ3v) is 5.47. The molecular formula is C17H34F2N4O. The zero-order chi connectivity index (χ0) is 17.7. The van der Waals surface area contributed by atoms with E-state index in [4.69, 9.17) is 0 Å². The fourth-order valence-electron chi connectivity index (χ4n) is 3.99. The van der Waals surface area contributed by atoms with Crippen molar-refractivity contribution in [2.75, 3.05) is 66.0 Å². The lowest BCUT2D eigenvalue weighted by atomic mass is 10.1. The maximum absolute atomic E-state index is 13.4. The zero-order valence-electron chi connectivity index (χ0n) is 15.4. The molecule has 2 aliphatic heterocycles. The van der Waals surface area contributed by atoms with Crippen molar-refractivity contribution in [3.63, 3.8) is 0 Å². The number of nitrogens with zero attached hydrogens (tertiary/aromatic N) is 4. The largest absolute Gasteiger partial charge is 0.396 e. The molecule has 2 atom stereocenters. The van der Waals surface area contributed by atoms with Crippen molar-refractivity contribution in [3.8, 4) is 0 Å². The van der Waals surface area contributed by atoms with Gasteiger partial charge in [-0.15, -0.1) is 0 Å². The molecule has 5 nitrogen and oxygen atoms in total. The van der Waals surface area contributed by atoms with Gasteiger partial charge in [0.15, 0.2) is 0 Å². The summed E-state index contributed by atoms with van der Waals surface area (Å²) < 4.78 is 26.8. The monoisotopic (exact) mass is 348 g/mol. The van der Waals surface area contributed by atoms with E-state index in [9.17, 15) is 13.9 Å². The Morgan fingerprint density at radius 3 is 2.42 bits per heavy atom. The summed E-state index contributed by atoms with van der Waals surface area (Å²) in [4.78, 5) is 8.84. The Balaban J connectivity index is 1.85. The Morgan fingerprint density at radius 2 is 1.79 bits per heavy atom. The average molecular weight is 348 g/mol. The summed E-state index contributed by atoms with van der Waals surface area (Å²) in [5.74, 6) is 0. The molecule has 24 heavy (non-hydrogen) atoms. The van der Waals surface area contributed by atoms with Gasteiger partial charge in [-0.1, -0.05) is 0 Å². The maximum atomic E-state index is 13.4. The van der Waals surface area contributed by atoms with Crippen molar-refractivity contribution in [2.45, 2.75) is 44.8 Å². The van der Waals surface area contributed by atoms with Crippen LogP contribution in [0.15, 0.2) is 0 Å². The van der Waals surface area contributed by atoms with Crippen LogP contribution in [0.5, 0.6) is 0 Å². The number of hydrogen-bond donors (Lipinski definition) is 1. The molecule has 0 aromatic carbocycles. The highest BCUT2D eigenvalue weighted by atomic mass is 19.3. The number of aliphatic hydroxyl groups excluding tert-OH is 1. The minimum atomic E-state index is -2.29. The number of hydrogen-bond acceptors (Lipinski definition) is 5. The first-order valence-corrected chi connectivity index (χ1v) is 9.22. The van der Waals surface area contributed by atoms with E-state index in [1.807, 2.05) is 18.7 Å². The van der Waals surface area contributed by atoms with Crippen LogP contribution in [0.25, 0.3) is 0 Å². The number of aliphatic hydroxyl groups is 1. The molecule has 0 bridgehead atoms. The highest BCUT2D eigenvalue weighted by Gasteiger charge is 2.35. The normalized spacial score (nSPS) is 29.0. The van der Waals surface area contributed by atoms with Crippen molar-refractivity contribution in [1.29, 1.82) is 0 Å². The molecule has 0 aromatic heterocycles. The Labute approximate surface area is 145 Å². The molecule has 142 valence electrons. The zero-order valence-corrected chi connectivity index (χ0v) is 15.4. The van der Waals surface area contributed by atoms with Gasteiger partial charge >= 0.3 is 0 Å². The SMILES string of the molecule is CC(C)N1CCN(CCN2CCN(C)CC2CCO)CC1C(F)F. The molecule has 2 heterocycles. The molecule has 2 aliphatic rings. The van der Waals surface area contributed by atoms with Crippen LogP contribution in [-0.4, -0.2) is 115 Å². The van der Waals surface area contributed by atoms with E-state index in [0.717, 1.165) is 52.2 Å². The van der Waals surface area contributed by atoms with E-state index < -0.39 is 12.5 Å². The second-order valence-electron chi connectivity index (χ2n) is 7.50. The second kappa shape index (κ2) is 9.38. The summed E-state index contributed by atoms with van der Waals surface area (Å²) in [6.07, 6.45) is -1.51. The van der Waals surface area contributed by atoms with Crippen LogP contribution in [0.3, 0.4) is 0 Å². The molecule has 2 rings (SSSR count). The van der Waals surface area contributed by atoms with E-state index >= 15 is 0 Å². The van der Waals surface area contributed by atoms with E-state index in [1.165, 1.54) is 0 Å². The lowest BCUT2D eigenvalue weighted by Gasteiger charge is -2.45. The van der Waals surface area contributed by atoms with Crippen LogP contribution in [0.4, 0.5) is 8.78 Å².